The zero-order valence-corrected chi connectivity index (χ0v) is 15.0. The molecule has 2 rings (SSSR count). The molecule has 9 heteroatoms. The van der Waals surface area contributed by atoms with Crippen LogP contribution in [0, 0.1) is 5.92 Å². The highest BCUT2D eigenvalue weighted by atomic mass is 35.5. The average Bonchev–Trinajstić information content (AvgIpc) is 2.88. The molecule has 1 aliphatic rings. The summed E-state index contributed by atoms with van der Waals surface area (Å²) in [5, 5.41) is 15.1. The molecule has 3 N–H and O–H groups in total. The Bertz CT molecular complexity index is 702. The molecule has 6 nitrogen and oxygen atoms in total. The fraction of sp³-hybridized carbons (Fsp3) is 0.267. The van der Waals surface area contributed by atoms with Crippen molar-refractivity contribution in [1.29, 1.82) is 0 Å². The second kappa shape index (κ2) is 8.53. The van der Waals surface area contributed by atoms with E-state index in [0.29, 0.717) is 22.3 Å². The van der Waals surface area contributed by atoms with Crippen molar-refractivity contribution in [2.75, 3.05) is 13.2 Å². The molecule has 1 fully saturated rings. The van der Waals surface area contributed by atoms with Crippen molar-refractivity contribution in [2.45, 2.75) is 6.92 Å². The Morgan fingerprint density at radius 1 is 1.46 bits per heavy atom. The molecule has 1 saturated heterocycles. The molecular formula is C15H15Cl2N3O3S. The van der Waals surface area contributed by atoms with E-state index in [2.05, 4.69) is 15.6 Å². The lowest BCUT2D eigenvalue weighted by molar-refractivity contribution is -0.118. The number of thioether (sulfide) groups is 1. The van der Waals surface area contributed by atoms with Gasteiger partial charge in [0.05, 0.1) is 15.0 Å². The van der Waals surface area contributed by atoms with Crippen LogP contribution in [0.1, 0.15) is 6.92 Å². The van der Waals surface area contributed by atoms with Crippen molar-refractivity contribution in [1.82, 2.24) is 10.6 Å². The molecule has 1 unspecified atom stereocenters. The molecule has 0 bridgehead atoms. The molecular weight excluding hydrogens is 373 g/mol. The standard InChI is InChI=1S/C15H15Cl2N3O3S/c1-8(7-21)6-18-12(22)5-11-14(23)20-15(24-11)19-13-9(16)3-2-4-10(13)17/h2-5,8,21H,6-7H2,1H3,(H,18,22)(H,19,20,23)/b11-5-. The summed E-state index contributed by atoms with van der Waals surface area (Å²) in [4.78, 5) is 28.1. The minimum absolute atomic E-state index is 0.0263. The fourth-order valence-electron chi connectivity index (χ4n) is 1.69. The van der Waals surface area contributed by atoms with Crippen molar-refractivity contribution >= 4 is 57.6 Å². The first-order valence-electron chi connectivity index (χ1n) is 7.03. The van der Waals surface area contributed by atoms with Crippen molar-refractivity contribution in [3.05, 3.63) is 39.2 Å². The predicted molar refractivity (Wildman–Crippen MR) is 96.6 cm³/mol. The van der Waals surface area contributed by atoms with Gasteiger partial charge in [0.1, 0.15) is 5.69 Å². The van der Waals surface area contributed by atoms with Gasteiger partial charge in [0.15, 0.2) is 5.17 Å². The lowest BCUT2D eigenvalue weighted by atomic mass is 10.2. The topological polar surface area (TPSA) is 90.8 Å². The number of carbonyl (C=O) groups is 2. The van der Waals surface area contributed by atoms with Gasteiger partial charge in [0.2, 0.25) is 5.91 Å². The third kappa shape index (κ3) is 4.98. The van der Waals surface area contributed by atoms with Gasteiger partial charge in [-0.1, -0.05) is 36.2 Å². The van der Waals surface area contributed by atoms with E-state index in [1.807, 2.05) is 0 Å². The van der Waals surface area contributed by atoms with Gasteiger partial charge in [-0.25, -0.2) is 4.99 Å². The summed E-state index contributed by atoms with van der Waals surface area (Å²) in [6.45, 7) is 2.09. The largest absolute Gasteiger partial charge is 0.396 e. The van der Waals surface area contributed by atoms with Gasteiger partial charge < -0.3 is 15.7 Å². The van der Waals surface area contributed by atoms with E-state index in [1.54, 1.807) is 25.1 Å². The molecule has 0 aromatic heterocycles. The van der Waals surface area contributed by atoms with E-state index in [1.165, 1.54) is 6.08 Å². The molecule has 1 heterocycles. The molecule has 0 aliphatic carbocycles. The lowest BCUT2D eigenvalue weighted by Gasteiger charge is -2.07. The first-order valence-corrected chi connectivity index (χ1v) is 8.60. The van der Waals surface area contributed by atoms with Crippen molar-refractivity contribution in [2.24, 2.45) is 10.9 Å². The van der Waals surface area contributed by atoms with Gasteiger partial charge in [-0.3, -0.25) is 9.59 Å². The van der Waals surface area contributed by atoms with Crippen LogP contribution in [0.2, 0.25) is 10.0 Å². The first kappa shape index (κ1) is 18.8. The Labute approximate surface area is 153 Å². The lowest BCUT2D eigenvalue weighted by Crippen LogP contribution is -2.28. The Morgan fingerprint density at radius 3 is 2.75 bits per heavy atom. The first-order chi connectivity index (χ1) is 11.4. The Morgan fingerprint density at radius 2 is 2.12 bits per heavy atom. The van der Waals surface area contributed by atoms with Crippen LogP contribution in [0.15, 0.2) is 34.2 Å². The number of benzene rings is 1. The van der Waals surface area contributed by atoms with Crippen molar-refractivity contribution < 1.29 is 14.7 Å². The molecule has 0 radical (unpaired) electrons. The maximum atomic E-state index is 11.9. The Balaban J connectivity index is 2.09. The molecule has 1 aromatic rings. The number of amidine groups is 1. The summed E-state index contributed by atoms with van der Waals surface area (Å²) >= 11 is 13.1. The molecule has 0 saturated carbocycles. The molecule has 1 aliphatic heterocycles. The van der Waals surface area contributed by atoms with Crippen LogP contribution in [-0.2, 0) is 9.59 Å². The van der Waals surface area contributed by atoms with Crippen LogP contribution in [-0.4, -0.2) is 35.2 Å². The SMILES string of the molecule is CC(CO)CNC(=O)/C=C1\SC(=Nc2c(Cl)cccc2Cl)NC1=O. The predicted octanol–water partition coefficient (Wildman–Crippen LogP) is 2.47. The quantitative estimate of drug-likeness (QED) is 0.676. The van der Waals surface area contributed by atoms with Crippen LogP contribution in [0.3, 0.4) is 0 Å². The van der Waals surface area contributed by atoms with Gasteiger partial charge in [0, 0.05) is 19.2 Å². The van der Waals surface area contributed by atoms with Crippen LogP contribution in [0.4, 0.5) is 5.69 Å². The molecule has 0 spiro atoms. The Hall–Kier alpha value is -1.54. The van der Waals surface area contributed by atoms with Crippen LogP contribution in [0.5, 0.6) is 0 Å². The summed E-state index contributed by atoms with van der Waals surface area (Å²) in [7, 11) is 0. The average molecular weight is 388 g/mol. The minimum atomic E-state index is -0.424. The summed E-state index contributed by atoms with van der Waals surface area (Å²) in [6, 6.07) is 4.97. The number of rotatable bonds is 5. The minimum Gasteiger partial charge on any atom is -0.396 e. The summed E-state index contributed by atoms with van der Waals surface area (Å²) in [5.74, 6) is -0.894. The monoisotopic (exact) mass is 387 g/mol. The highest BCUT2D eigenvalue weighted by molar-refractivity contribution is 8.18. The van der Waals surface area contributed by atoms with E-state index in [-0.39, 0.29) is 22.6 Å². The molecule has 1 atom stereocenters. The van der Waals surface area contributed by atoms with E-state index in [0.717, 1.165) is 11.8 Å². The summed E-state index contributed by atoms with van der Waals surface area (Å²) < 4.78 is 0. The molecule has 24 heavy (non-hydrogen) atoms. The third-order valence-electron chi connectivity index (χ3n) is 3.00. The van der Waals surface area contributed by atoms with Gasteiger partial charge >= 0.3 is 0 Å². The van der Waals surface area contributed by atoms with Gasteiger partial charge in [-0.2, -0.15) is 0 Å². The number of aliphatic hydroxyl groups excluding tert-OH is 1. The zero-order chi connectivity index (χ0) is 17.7. The van der Waals surface area contributed by atoms with Crippen molar-refractivity contribution in [3.63, 3.8) is 0 Å². The number of hydrogen-bond acceptors (Lipinski definition) is 5. The fourth-order valence-corrected chi connectivity index (χ4v) is 2.97. The number of amides is 2. The van der Waals surface area contributed by atoms with Crippen LogP contribution >= 0.6 is 35.0 Å². The maximum absolute atomic E-state index is 11.9. The number of halogens is 2. The smallest absolute Gasteiger partial charge is 0.264 e. The third-order valence-corrected chi connectivity index (χ3v) is 4.52. The number of nitrogens with zero attached hydrogens (tertiary/aromatic N) is 1. The van der Waals surface area contributed by atoms with Gasteiger partial charge in [-0.05, 0) is 29.8 Å². The number of aliphatic hydroxyl groups is 1. The highest BCUT2D eigenvalue weighted by Crippen LogP contribution is 2.35. The normalized spacial score (nSPS) is 18.8. The Kier molecular flexibility index (Phi) is 6.68. The summed E-state index contributed by atoms with van der Waals surface area (Å²) in [6.07, 6.45) is 1.20. The van der Waals surface area contributed by atoms with Gasteiger partial charge in [-0.15, -0.1) is 0 Å². The maximum Gasteiger partial charge on any atom is 0.264 e. The molecule has 2 amide bonds. The molecule has 1 aromatic carbocycles. The van der Waals surface area contributed by atoms with Crippen molar-refractivity contribution in [3.8, 4) is 0 Å². The number of carbonyl (C=O) groups excluding carboxylic acids is 2. The molecule has 128 valence electrons. The number of aliphatic imine (C=N–C) groups is 1. The number of hydrogen-bond donors (Lipinski definition) is 3. The number of nitrogens with one attached hydrogen (secondary N) is 2. The van der Waals surface area contributed by atoms with Gasteiger partial charge in [0.25, 0.3) is 5.91 Å². The van der Waals surface area contributed by atoms with Crippen LogP contribution < -0.4 is 10.6 Å². The highest BCUT2D eigenvalue weighted by Gasteiger charge is 2.25. The van der Waals surface area contributed by atoms with E-state index in [4.69, 9.17) is 28.3 Å². The van der Waals surface area contributed by atoms with E-state index in [9.17, 15) is 9.59 Å². The summed E-state index contributed by atoms with van der Waals surface area (Å²) in [5.41, 5.74) is 0.353. The number of para-hydroxylation sites is 1. The van der Waals surface area contributed by atoms with Crippen LogP contribution in [0.25, 0.3) is 0 Å². The zero-order valence-electron chi connectivity index (χ0n) is 12.7. The second-order valence-electron chi connectivity index (χ2n) is 5.08. The van der Waals surface area contributed by atoms with E-state index >= 15 is 0 Å². The second-order valence-corrected chi connectivity index (χ2v) is 6.93. The van der Waals surface area contributed by atoms with E-state index < -0.39 is 11.8 Å².